The van der Waals surface area contributed by atoms with Gasteiger partial charge in [0.2, 0.25) is 35.3 Å². The summed E-state index contributed by atoms with van der Waals surface area (Å²) in [5, 5.41) is 22.0. The second-order valence-corrected chi connectivity index (χ2v) is 11.4. The summed E-state index contributed by atoms with van der Waals surface area (Å²) in [6.07, 6.45) is 3.91. The van der Waals surface area contributed by atoms with Gasteiger partial charge in [-0.05, 0) is 0 Å². The number of aryl methyl sites for hydroxylation is 3. The SMILES string of the molecule is Cn1cc(NC(=O)c2nc(NC(=O)CCNC(=O)COCCOCCOCCN=C(N)N)cn2C)cc1NC(=O)CCC(=O)Nc1cn(C)c(C(=O)O)n1. The smallest absolute Gasteiger partial charge is 0.372 e. The lowest BCUT2D eigenvalue weighted by Crippen LogP contribution is -2.31. The van der Waals surface area contributed by atoms with Crippen molar-refractivity contribution in [2.75, 3.05) is 74.0 Å². The molecule has 294 valence electrons. The molecule has 0 aliphatic carbocycles. The van der Waals surface area contributed by atoms with E-state index < -0.39 is 35.5 Å². The van der Waals surface area contributed by atoms with E-state index in [1.807, 2.05) is 0 Å². The number of anilines is 4. The van der Waals surface area contributed by atoms with Crippen molar-refractivity contribution < 1.29 is 48.1 Å². The third-order valence-electron chi connectivity index (χ3n) is 6.97. The van der Waals surface area contributed by atoms with E-state index >= 15 is 0 Å². The average Bonchev–Trinajstić information content (AvgIpc) is 3.76. The Morgan fingerprint density at radius 3 is 1.87 bits per heavy atom. The zero-order valence-corrected chi connectivity index (χ0v) is 30.0. The van der Waals surface area contributed by atoms with Gasteiger partial charge in [0.15, 0.2) is 17.6 Å². The minimum Gasteiger partial charge on any atom is -0.475 e. The molecule has 54 heavy (non-hydrogen) atoms. The molecule has 0 fully saturated rings. The summed E-state index contributed by atoms with van der Waals surface area (Å²) in [5.74, 6) is -3.47. The van der Waals surface area contributed by atoms with Gasteiger partial charge in [0.25, 0.3) is 5.91 Å². The van der Waals surface area contributed by atoms with E-state index in [0.29, 0.717) is 37.9 Å². The largest absolute Gasteiger partial charge is 0.475 e. The number of aromatic carboxylic acids is 1. The zero-order valence-electron chi connectivity index (χ0n) is 30.0. The summed E-state index contributed by atoms with van der Waals surface area (Å²) in [5.41, 5.74) is 10.8. The van der Waals surface area contributed by atoms with E-state index in [-0.39, 0.29) is 74.9 Å². The number of carbonyl (C=O) groups excluding carboxylic acids is 5. The van der Waals surface area contributed by atoms with Crippen LogP contribution < -0.4 is 38.1 Å². The van der Waals surface area contributed by atoms with Gasteiger partial charge in [-0.15, -0.1) is 0 Å². The molecule has 0 unspecified atom stereocenters. The summed E-state index contributed by atoms with van der Waals surface area (Å²) in [6.45, 7) is 1.71. The molecule has 0 bridgehead atoms. The highest BCUT2D eigenvalue weighted by atomic mass is 16.5. The number of imidazole rings is 2. The quantitative estimate of drug-likeness (QED) is 0.0312. The molecule has 23 heteroatoms. The Kier molecular flexibility index (Phi) is 16.6. The first-order valence-electron chi connectivity index (χ1n) is 16.4. The summed E-state index contributed by atoms with van der Waals surface area (Å²) in [4.78, 5) is 85.0. The number of hydrogen-bond donors (Lipinski definition) is 8. The Morgan fingerprint density at radius 1 is 0.704 bits per heavy atom. The molecule has 0 aliphatic rings. The lowest BCUT2D eigenvalue weighted by molar-refractivity contribution is -0.126. The van der Waals surface area contributed by atoms with Gasteiger partial charge in [-0.1, -0.05) is 0 Å². The second kappa shape index (κ2) is 21.3. The van der Waals surface area contributed by atoms with E-state index in [0.717, 1.165) is 0 Å². The Bertz CT molecular complexity index is 1810. The summed E-state index contributed by atoms with van der Waals surface area (Å²) >= 11 is 0. The molecule has 0 atom stereocenters. The number of ether oxygens (including phenoxy) is 3. The molecule has 0 radical (unpaired) electrons. The molecule has 23 nitrogen and oxygen atoms in total. The molecule has 3 aromatic heterocycles. The van der Waals surface area contributed by atoms with Gasteiger partial charge < -0.3 is 71.1 Å². The Labute approximate surface area is 308 Å². The molecular weight excluding hydrogens is 714 g/mol. The normalized spacial score (nSPS) is 10.7. The number of nitrogens with zero attached hydrogens (tertiary/aromatic N) is 6. The van der Waals surface area contributed by atoms with Crippen LogP contribution in [0.3, 0.4) is 0 Å². The number of carbonyl (C=O) groups is 6. The van der Waals surface area contributed by atoms with Crippen LogP contribution >= 0.6 is 0 Å². The standard InChI is InChI=1S/C31H45N13O10/c1-42-15-19(14-22(42)41-24(46)5-4-23(45)37-21-17-44(3)28(40-21)30(50)51)36-29(49)27-39-20(16-43(27)2)38-25(47)6-7-34-26(48)18-54-13-12-53-11-10-52-9-8-35-31(32)33/h14-17H,4-13,18H2,1-3H3,(H,34,48)(H,36,49)(H,37,45)(H,38,47)(H,41,46)(H,50,51)(H4,32,33,35). The number of aliphatic imine (C=N–C) groups is 1. The molecular formula is C31H45N13O10. The van der Waals surface area contributed by atoms with Gasteiger partial charge in [-0.3, -0.25) is 29.0 Å². The van der Waals surface area contributed by atoms with E-state index in [4.69, 9.17) is 30.8 Å². The molecule has 0 aromatic carbocycles. The summed E-state index contributed by atoms with van der Waals surface area (Å²) in [7, 11) is 4.68. The first-order valence-corrected chi connectivity index (χ1v) is 16.4. The highest BCUT2D eigenvalue weighted by Crippen LogP contribution is 2.19. The van der Waals surface area contributed by atoms with Crippen molar-refractivity contribution in [1.82, 2.24) is 29.0 Å². The van der Waals surface area contributed by atoms with Crippen LogP contribution in [-0.2, 0) is 54.5 Å². The maximum atomic E-state index is 13.0. The number of carboxylic acid groups (broad SMARTS) is 1. The van der Waals surface area contributed by atoms with Crippen LogP contribution in [0.1, 0.15) is 40.5 Å². The molecule has 3 rings (SSSR count). The molecule has 3 heterocycles. The van der Waals surface area contributed by atoms with E-state index in [2.05, 4.69) is 41.5 Å². The third-order valence-corrected chi connectivity index (χ3v) is 6.97. The number of nitrogens with two attached hydrogens (primary N) is 2. The van der Waals surface area contributed by atoms with Gasteiger partial charge in [0.1, 0.15) is 12.4 Å². The zero-order chi connectivity index (χ0) is 39.6. The fraction of sp³-hybridized carbons (Fsp3) is 0.452. The van der Waals surface area contributed by atoms with Gasteiger partial charge in [-0.2, -0.15) is 0 Å². The average molecular weight is 760 g/mol. The molecule has 10 N–H and O–H groups in total. The Morgan fingerprint density at radius 2 is 1.26 bits per heavy atom. The Hall–Kier alpha value is -6.33. The topological polar surface area (TPSA) is 315 Å². The van der Waals surface area contributed by atoms with Crippen LogP contribution in [0.5, 0.6) is 0 Å². The number of hydrogen-bond acceptors (Lipinski definition) is 12. The van der Waals surface area contributed by atoms with Crippen LogP contribution in [0.4, 0.5) is 23.1 Å². The van der Waals surface area contributed by atoms with Crippen molar-refractivity contribution in [3.63, 3.8) is 0 Å². The van der Waals surface area contributed by atoms with Crippen molar-refractivity contribution in [1.29, 1.82) is 0 Å². The Balaban J connectivity index is 1.32. The van der Waals surface area contributed by atoms with Gasteiger partial charge in [0.05, 0.1) is 45.3 Å². The monoisotopic (exact) mass is 759 g/mol. The molecule has 0 aliphatic heterocycles. The molecule has 0 saturated carbocycles. The maximum Gasteiger partial charge on any atom is 0.372 e. The van der Waals surface area contributed by atoms with Crippen LogP contribution in [0, 0.1) is 0 Å². The number of carboxylic acids is 1. The molecule has 5 amide bonds. The molecule has 3 aromatic rings. The fourth-order valence-electron chi connectivity index (χ4n) is 4.46. The second-order valence-electron chi connectivity index (χ2n) is 11.4. The van der Waals surface area contributed by atoms with E-state index in [1.165, 1.54) is 34.6 Å². The number of aromatic nitrogens is 5. The van der Waals surface area contributed by atoms with Gasteiger partial charge in [0, 0.05) is 71.6 Å². The first kappa shape index (κ1) is 42.1. The van der Waals surface area contributed by atoms with Crippen LogP contribution in [-0.4, -0.2) is 123 Å². The van der Waals surface area contributed by atoms with Gasteiger partial charge >= 0.3 is 5.97 Å². The van der Waals surface area contributed by atoms with Crippen molar-refractivity contribution in [3.05, 3.63) is 36.3 Å². The third kappa shape index (κ3) is 14.7. The van der Waals surface area contributed by atoms with Crippen molar-refractivity contribution in [2.24, 2.45) is 37.6 Å². The summed E-state index contributed by atoms with van der Waals surface area (Å²) in [6, 6.07) is 1.51. The minimum atomic E-state index is -1.25. The fourth-order valence-corrected chi connectivity index (χ4v) is 4.46. The highest BCUT2D eigenvalue weighted by molar-refractivity contribution is 6.03. The predicted octanol–water partition coefficient (Wildman–Crippen LogP) is -1.43. The molecule has 0 spiro atoms. The van der Waals surface area contributed by atoms with Crippen LogP contribution in [0.15, 0.2) is 29.6 Å². The lowest BCUT2D eigenvalue weighted by atomic mass is 10.3. The number of nitrogens with one attached hydrogen (secondary N) is 5. The van der Waals surface area contributed by atoms with E-state index in [1.54, 1.807) is 24.9 Å². The number of amides is 5. The maximum absolute atomic E-state index is 13.0. The minimum absolute atomic E-state index is 0.000839. The van der Waals surface area contributed by atoms with Crippen LogP contribution in [0.25, 0.3) is 0 Å². The van der Waals surface area contributed by atoms with Crippen molar-refractivity contribution >= 4 is 64.6 Å². The first-order chi connectivity index (χ1) is 25.7. The van der Waals surface area contributed by atoms with Gasteiger partial charge in [-0.25, -0.2) is 14.8 Å². The predicted molar refractivity (Wildman–Crippen MR) is 193 cm³/mol. The molecule has 0 saturated heterocycles. The van der Waals surface area contributed by atoms with Crippen molar-refractivity contribution in [2.45, 2.75) is 19.3 Å². The number of guanidine groups is 1. The summed E-state index contributed by atoms with van der Waals surface area (Å²) < 4.78 is 20.1. The lowest BCUT2D eigenvalue weighted by Gasteiger charge is -2.07. The van der Waals surface area contributed by atoms with Crippen LogP contribution in [0.2, 0.25) is 0 Å². The highest BCUT2D eigenvalue weighted by Gasteiger charge is 2.18. The van der Waals surface area contributed by atoms with Crippen molar-refractivity contribution in [3.8, 4) is 0 Å². The number of rotatable bonds is 23. The van der Waals surface area contributed by atoms with E-state index in [9.17, 15) is 28.8 Å².